The number of hydrogen-bond acceptors (Lipinski definition) is 6. The van der Waals surface area contributed by atoms with Crippen LogP contribution >= 0.6 is 0 Å². The quantitative estimate of drug-likeness (QED) is 0.143. The second-order valence-electron chi connectivity index (χ2n) is 11.8. The van der Waals surface area contributed by atoms with E-state index in [0.717, 1.165) is 77.3 Å². The molecule has 2 aromatic carbocycles. The first kappa shape index (κ1) is 31.8. The van der Waals surface area contributed by atoms with Gasteiger partial charge in [-0.3, -0.25) is 29.0 Å². The lowest BCUT2D eigenvalue weighted by Gasteiger charge is -2.32. The normalized spacial score (nSPS) is 14.5. The van der Waals surface area contributed by atoms with E-state index in [1.807, 2.05) is 0 Å². The van der Waals surface area contributed by atoms with Gasteiger partial charge in [0.15, 0.2) is 0 Å². The molecule has 0 saturated carbocycles. The van der Waals surface area contributed by atoms with E-state index in [4.69, 9.17) is 11.5 Å². The van der Waals surface area contributed by atoms with Crippen LogP contribution in [0.5, 0.6) is 0 Å². The maximum atomic E-state index is 13.4. The van der Waals surface area contributed by atoms with Crippen LogP contribution in [0.15, 0.2) is 24.3 Å². The number of carbonyl (C=O) groups excluding carboxylic acids is 4. The van der Waals surface area contributed by atoms with E-state index in [-0.39, 0.29) is 23.6 Å². The van der Waals surface area contributed by atoms with Crippen LogP contribution < -0.4 is 11.5 Å². The lowest BCUT2D eigenvalue weighted by molar-refractivity contribution is 0.0586. The summed E-state index contributed by atoms with van der Waals surface area (Å²) in [6.45, 7) is 2.24. The van der Waals surface area contributed by atoms with Gasteiger partial charge in [0.25, 0.3) is 23.6 Å². The van der Waals surface area contributed by atoms with Crippen molar-refractivity contribution in [3.05, 3.63) is 46.5 Å². The molecule has 4 amide bonds. The van der Waals surface area contributed by atoms with Crippen LogP contribution in [0.3, 0.4) is 0 Å². The number of nitrogens with zero attached hydrogens (tertiary/aromatic N) is 2. The SMILES string of the molecule is NCCCCCCCCCCN1C(=O)c2ccc3c4c(ccc(c24)C1=O)C(=O)N(CCCCCCCCCCN)C3=O. The zero-order valence-corrected chi connectivity index (χ0v) is 25.1. The topological polar surface area (TPSA) is 127 Å². The van der Waals surface area contributed by atoms with Gasteiger partial charge in [-0.15, -0.1) is 0 Å². The van der Waals surface area contributed by atoms with E-state index in [1.54, 1.807) is 24.3 Å². The average molecular weight is 577 g/mol. The van der Waals surface area contributed by atoms with Crippen LogP contribution in [-0.4, -0.2) is 59.6 Å². The molecule has 42 heavy (non-hydrogen) atoms. The maximum absolute atomic E-state index is 13.4. The van der Waals surface area contributed by atoms with Gasteiger partial charge in [-0.05, 0) is 63.0 Å². The van der Waals surface area contributed by atoms with E-state index >= 15 is 0 Å². The first-order valence-electron chi connectivity index (χ1n) is 16.2. The predicted octanol–water partition coefficient (Wildman–Crippen LogP) is 6.19. The standard InChI is InChI=1S/C34H48N4O4/c35-21-13-9-5-1-3-7-11-15-23-37-31(39)25-17-19-27-30-28(20-18-26(29(25)30)32(37)40)34(42)38(33(27)41)24-16-12-8-4-2-6-10-14-22-36/h17-20H,1-16,21-24,35-36H2. The van der Waals surface area contributed by atoms with E-state index in [1.165, 1.54) is 48.3 Å². The van der Waals surface area contributed by atoms with Crippen molar-refractivity contribution in [1.29, 1.82) is 0 Å². The van der Waals surface area contributed by atoms with Crippen LogP contribution in [0, 0.1) is 0 Å². The number of amides is 4. The Morgan fingerprint density at radius 2 is 0.619 bits per heavy atom. The highest BCUT2D eigenvalue weighted by Crippen LogP contribution is 2.38. The van der Waals surface area contributed by atoms with Gasteiger partial charge in [-0.25, -0.2) is 0 Å². The minimum atomic E-state index is -0.344. The largest absolute Gasteiger partial charge is 0.330 e. The van der Waals surface area contributed by atoms with Gasteiger partial charge >= 0.3 is 0 Å². The molecule has 4 N–H and O–H groups in total. The second kappa shape index (κ2) is 15.9. The summed E-state index contributed by atoms with van der Waals surface area (Å²) in [7, 11) is 0. The van der Waals surface area contributed by atoms with Crippen molar-refractivity contribution in [1.82, 2.24) is 9.80 Å². The third kappa shape index (κ3) is 7.27. The fourth-order valence-electron chi connectivity index (χ4n) is 6.33. The number of carbonyl (C=O) groups is 4. The summed E-state index contributed by atoms with van der Waals surface area (Å²) in [5.41, 5.74) is 12.7. The van der Waals surface area contributed by atoms with Crippen molar-refractivity contribution in [2.45, 2.75) is 103 Å². The van der Waals surface area contributed by atoms with Gasteiger partial charge in [0, 0.05) is 46.1 Å². The molecular weight excluding hydrogens is 528 g/mol. The Labute approximate surface area is 250 Å². The van der Waals surface area contributed by atoms with Crippen LogP contribution in [0.1, 0.15) is 144 Å². The number of benzene rings is 2. The molecule has 0 unspecified atom stereocenters. The molecular formula is C34H48N4O4. The highest BCUT2D eigenvalue weighted by atomic mass is 16.2. The molecule has 0 aliphatic carbocycles. The summed E-state index contributed by atoms with van der Waals surface area (Å²) in [4.78, 5) is 56.4. The second-order valence-corrected chi connectivity index (χ2v) is 11.8. The van der Waals surface area contributed by atoms with Crippen molar-refractivity contribution >= 4 is 34.4 Å². The van der Waals surface area contributed by atoms with Gasteiger partial charge < -0.3 is 11.5 Å². The molecule has 2 heterocycles. The Morgan fingerprint density at radius 1 is 0.381 bits per heavy atom. The van der Waals surface area contributed by atoms with Crippen molar-refractivity contribution in [3.63, 3.8) is 0 Å². The van der Waals surface area contributed by atoms with E-state index in [0.29, 0.717) is 46.1 Å². The lowest BCUT2D eigenvalue weighted by atomic mass is 9.86. The predicted molar refractivity (Wildman–Crippen MR) is 167 cm³/mol. The van der Waals surface area contributed by atoms with Crippen LogP contribution in [0.25, 0.3) is 10.8 Å². The Balaban J connectivity index is 1.36. The lowest BCUT2D eigenvalue weighted by Crippen LogP contribution is -2.43. The van der Waals surface area contributed by atoms with Crippen LogP contribution in [0.2, 0.25) is 0 Å². The molecule has 0 spiro atoms. The molecule has 0 radical (unpaired) electrons. The Morgan fingerprint density at radius 3 is 0.881 bits per heavy atom. The molecule has 0 fully saturated rings. The molecule has 2 aliphatic heterocycles. The van der Waals surface area contributed by atoms with Gasteiger partial charge in [-0.2, -0.15) is 0 Å². The third-order valence-electron chi connectivity index (χ3n) is 8.73. The van der Waals surface area contributed by atoms with Gasteiger partial charge in [0.05, 0.1) is 0 Å². The summed E-state index contributed by atoms with van der Waals surface area (Å²) in [5, 5.41) is 0.898. The van der Waals surface area contributed by atoms with Crippen LogP contribution in [0.4, 0.5) is 0 Å². The van der Waals surface area contributed by atoms with Crippen molar-refractivity contribution < 1.29 is 19.2 Å². The Hall–Kier alpha value is -3.10. The zero-order valence-electron chi connectivity index (χ0n) is 25.1. The van der Waals surface area contributed by atoms with E-state index in [2.05, 4.69) is 0 Å². The zero-order chi connectivity index (χ0) is 29.9. The summed E-state index contributed by atoms with van der Waals surface area (Å²) in [6, 6.07) is 6.63. The smallest absolute Gasteiger partial charge is 0.261 e. The number of imide groups is 2. The fraction of sp³-hybridized carbons (Fsp3) is 0.588. The Bertz CT molecular complexity index is 1110. The third-order valence-corrected chi connectivity index (χ3v) is 8.73. The Kier molecular flexibility index (Phi) is 12.1. The van der Waals surface area contributed by atoms with Crippen molar-refractivity contribution in [2.75, 3.05) is 26.2 Å². The van der Waals surface area contributed by atoms with Gasteiger partial charge in [0.1, 0.15) is 0 Å². The van der Waals surface area contributed by atoms with Gasteiger partial charge in [0.2, 0.25) is 0 Å². The number of unbranched alkanes of at least 4 members (excludes halogenated alkanes) is 14. The molecule has 2 aliphatic rings. The highest BCUT2D eigenvalue weighted by molar-refractivity contribution is 6.33. The summed E-state index contributed by atoms with van der Waals surface area (Å²) in [5.74, 6) is -1.38. The van der Waals surface area contributed by atoms with E-state index in [9.17, 15) is 19.2 Å². The molecule has 228 valence electrons. The minimum absolute atomic E-state index is 0.344. The molecule has 0 atom stereocenters. The van der Waals surface area contributed by atoms with Crippen LogP contribution in [-0.2, 0) is 0 Å². The van der Waals surface area contributed by atoms with Crippen molar-refractivity contribution in [3.8, 4) is 0 Å². The molecule has 8 heteroatoms. The highest BCUT2D eigenvalue weighted by Gasteiger charge is 2.39. The molecule has 4 rings (SSSR count). The average Bonchev–Trinajstić information content (AvgIpc) is 2.99. The molecule has 0 saturated heterocycles. The van der Waals surface area contributed by atoms with Gasteiger partial charge in [-0.1, -0.05) is 77.0 Å². The molecule has 8 nitrogen and oxygen atoms in total. The summed E-state index contributed by atoms with van der Waals surface area (Å²) in [6.07, 6.45) is 17.2. The summed E-state index contributed by atoms with van der Waals surface area (Å²) >= 11 is 0. The first-order chi connectivity index (χ1) is 20.5. The summed E-state index contributed by atoms with van der Waals surface area (Å²) < 4.78 is 0. The fourth-order valence-corrected chi connectivity index (χ4v) is 6.33. The maximum Gasteiger partial charge on any atom is 0.261 e. The molecule has 2 aromatic rings. The number of nitrogens with two attached hydrogens (primary N) is 2. The minimum Gasteiger partial charge on any atom is -0.330 e. The monoisotopic (exact) mass is 576 g/mol. The molecule has 0 aromatic heterocycles. The van der Waals surface area contributed by atoms with Crippen molar-refractivity contribution in [2.24, 2.45) is 11.5 Å². The number of hydrogen-bond donors (Lipinski definition) is 2. The molecule has 0 bridgehead atoms. The number of rotatable bonds is 20. The van der Waals surface area contributed by atoms with E-state index < -0.39 is 0 Å². The first-order valence-corrected chi connectivity index (χ1v) is 16.2.